The van der Waals surface area contributed by atoms with Crippen molar-refractivity contribution in [2.45, 2.75) is 6.18 Å². The van der Waals surface area contributed by atoms with Crippen LogP contribution in [0, 0.1) is 10.1 Å². The van der Waals surface area contributed by atoms with Crippen molar-refractivity contribution in [1.82, 2.24) is 0 Å². The summed E-state index contributed by atoms with van der Waals surface area (Å²) in [6.07, 6.45) is -4.59. The third kappa shape index (κ3) is 4.35. The van der Waals surface area contributed by atoms with Gasteiger partial charge in [-0.1, -0.05) is 11.6 Å². The molecule has 0 spiro atoms. The summed E-state index contributed by atoms with van der Waals surface area (Å²) in [5.41, 5.74) is -0.815. The lowest BCUT2D eigenvalue weighted by atomic mass is 10.2. The molecule has 0 bridgehead atoms. The van der Waals surface area contributed by atoms with Gasteiger partial charge in [-0.15, -0.1) is 0 Å². The number of halogens is 4. The van der Waals surface area contributed by atoms with Crippen molar-refractivity contribution < 1.29 is 22.9 Å². The first-order valence-corrected chi connectivity index (χ1v) is 6.74. The molecule has 6 nitrogen and oxygen atoms in total. The molecule has 2 aromatic rings. The number of urea groups is 1. The average Bonchev–Trinajstić information content (AvgIpc) is 2.46. The smallest absolute Gasteiger partial charge is 0.308 e. The summed E-state index contributed by atoms with van der Waals surface area (Å²) in [6, 6.07) is 7.08. The lowest BCUT2D eigenvalue weighted by Gasteiger charge is -2.11. The number of amides is 2. The van der Waals surface area contributed by atoms with Gasteiger partial charge in [0.25, 0.3) is 5.69 Å². The Morgan fingerprint density at radius 2 is 1.58 bits per heavy atom. The minimum Gasteiger partial charge on any atom is -0.308 e. The second-order valence-corrected chi connectivity index (χ2v) is 4.98. The number of nitro groups is 1. The number of hydrogen-bond acceptors (Lipinski definition) is 3. The topological polar surface area (TPSA) is 84.3 Å². The van der Waals surface area contributed by atoms with Crippen molar-refractivity contribution in [3.63, 3.8) is 0 Å². The molecule has 2 amide bonds. The van der Waals surface area contributed by atoms with Gasteiger partial charge >= 0.3 is 12.2 Å². The van der Waals surface area contributed by atoms with Crippen LogP contribution in [0.4, 0.5) is 35.0 Å². The van der Waals surface area contributed by atoms with Crippen LogP contribution in [0.5, 0.6) is 0 Å². The first-order valence-electron chi connectivity index (χ1n) is 6.36. The molecule has 2 aromatic carbocycles. The molecule has 10 heteroatoms. The highest BCUT2D eigenvalue weighted by Gasteiger charge is 2.33. The van der Waals surface area contributed by atoms with Crippen molar-refractivity contribution in [2.24, 2.45) is 0 Å². The fourth-order valence-corrected chi connectivity index (χ4v) is 2.07. The van der Waals surface area contributed by atoms with E-state index in [2.05, 4.69) is 10.6 Å². The fourth-order valence-electron chi connectivity index (χ4n) is 1.78. The van der Waals surface area contributed by atoms with Crippen LogP contribution in [0.3, 0.4) is 0 Å². The predicted molar refractivity (Wildman–Crippen MR) is 82.2 cm³/mol. The summed E-state index contributed by atoms with van der Waals surface area (Å²) in [7, 11) is 0. The van der Waals surface area contributed by atoms with Gasteiger partial charge in [0.05, 0.1) is 15.5 Å². The Balaban J connectivity index is 2.04. The van der Waals surface area contributed by atoms with Gasteiger partial charge < -0.3 is 10.6 Å². The molecule has 0 aromatic heterocycles. The molecule has 0 saturated heterocycles. The van der Waals surface area contributed by atoms with E-state index in [1.54, 1.807) is 0 Å². The molecular formula is C14H9ClF3N3O3. The normalized spacial score (nSPS) is 11.0. The lowest BCUT2D eigenvalue weighted by Crippen LogP contribution is -2.19. The van der Waals surface area contributed by atoms with E-state index in [1.165, 1.54) is 24.3 Å². The van der Waals surface area contributed by atoms with Crippen molar-refractivity contribution in [3.8, 4) is 0 Å². The van der Waals surface area contributed by atoms with Crippen molar-refractivity contribution >= 4 is 34.7 Å². The molecule has 126 valence electrons. The molecule has 0 atom stereocenters. The van der Waals surface area contributed by atoms with Gasteiger partial charge in [-0.2, -0.15) is 13.2 Å². The van der Waals surface area contributed by atoms with Gasteiger partial charge in [-0.25, -0.2) is 4.79 Å². The van der Waals surface area contributed by atoms with Crippen LogP contribution in [0.25, 0.3) is 0 Å². The summed E-state index contributed by atoms with van der Waals surface area (Å²) >= 11 is 5.55. The van der Waals surface area contributed by atoms with Crippen LogP contribution in [0.15, 0.2) is 42.5 Å². The molecule has 0 radical (unpaired) electrons. The van der Waals surface area contributed by atoms with Crippen LogP contribution >= 0.6 is 11.6 Å². The zero-order valence-corrected chi connectivity index (χ0v) is 12.5. The molecule has 24 heavy (non-hydrogen) atoms. The predicted octanol–water partition coefficient (Wildman–Crippen LogP) is 4.91. The van der Waals surface area contributed by atoms with Gasteiger partial charge in [0, 0.05) is 23.5 Å². The SMILES string of the molecule is O=C(Nc1ccc([N+](=O)[O-])cc1)Nc1ccc(C(F)(F)F)c(Cl)c1. The maximum Gasteiger partial charge on any atom is 0.417 e. The zero-order valence-electron chi connectivity index (χ0n) is 11.7. The number of nitrogens with zero attached hydrogens (tertiary/aromatic N) is 1. The van der Waals surface area contributed by atoms with Crippen LogP contribution in [0.1, 0.15) is 5.56 Å². The molecule has 0 aliphatic heterocycles. The second kappa shape index (κ2) is 6.75. The van der Waals surface area contributed by atoms with Crippen LogP contribution < -0.4 is 10.6 Å². The minimum absolute atomic E-state index is 0.0624. The molecule has 0 fully saturated rings. The highest BCUT2D eigenvalue weighted by Crippen LogP contribution is 2.35. The summed E-state index contributed by atoms with van der Waals surface area (Å²) in [5, 5.41) is 14.7. The van der Waals surface area contributed by atoms with E-state index >= 15 is 0 Å². The summed E-state index contributed by atoms with van der Waals surface area (Å²) in [5.74, 6) is 0. The summed E-state index contributed by atoms with van der Waals surface area (Å²) in [4.78, 5) is 21.7. The first-order chi connectivity index (χ1) is 11.2. The number of non-ortho nitro benzene ring substituents is 1. The highest BCUT2D eigenvalue weighted by atomic mass is 35.5. The van der Waals surface area contributed by atoms with Gasteiger partial charge in [-0.05, 0) is 30.3 Å². The molecule has 0 heterocycles. The van der Waals surface area contributed by atoms with Crippen molar-refractivity contribution in [3.05, 3.63) is 63.2 Å². The maximum absolute atomic E-state index is 12.6. The Hall–Kier alpha value is -2.81. The van der Waals surface area contributed by atoms with Gasteiger partial charge in [0.2, 0.25) is 0 Å². The Morgan fingerprint density at radius 1 is 1.04 bits per heavy atom. The van der Waals surface area contributed by atoms with E-state index in [0.717, 1.165) is 18.2 Å². The molecule has 0 aliphatic rings. The lowest BCUT2D eigenvalue weighted by molar-refractivity contribution is -0.384. The second-order valence-electron chi connectivity index (χ2n) is 4.58. The van der Waals surface area contributed by atoms with Crippen molar-refractivity contribution in [1.29, 1.82) is 0 Å². The quantitative estimate of drug-likeness (QED) is 0.603. The zero-order chi connectivity index (χ0) is 17.9. The summed E-state index contributed by atoms with van der Waals surface area (Å²) in [6.45, 7) is 0. The molecule has 0 saturated carbocycles. The monoisotopic (exact) mass is 359 g/mol. The number of benzene rings is 2. The van der Waals surface area contributed by atoms with Crippen LogP contribution in [-0.4, -0.2) is 11.0 Å². The third-order valence-corrected chi connectivity index (χ3v) is 3.18. The highest BCUT2D eigenvalue weighted by molar-refractivity contribution is 6.31. The summed E-state index contributed by atoms with van der Waals surface area (Å²) < 4.78 is 37.8. The van der Waals surface area contributed by atoms with Gasteiger partial charge in [-0.3, -0.25) is 10.1 Å². The number of anilines is 2. The molecule has 2 N–H and O–H groups in total. The van der Waals surface area contributed by atoms with Gasteiger partial charge in [0.15, 0.2) is 0 Å². The number of nitrogens with one attached hydrogen (secondary N) is 2. The van der Waals surface area contributed by atoms with E-state index in [1.807, 2.05) is 0 Å². The number of carbonyl (C=O) groups excluding carboxylic acids is 1. The standard InChI is InChI=1S/C14H9ClF3N3O3/c15-12-7-9(3-6-11(12)14(16,17)18)20-13(22)19-8-1-4-10(5-2-8)21(23)24/h1-7H,(H2,19,20,22). The minimum atomic E-state index is -4.59. The number of rotatable bonds is 3. The largest absolute Gasteiger partial charge is 0.417 e. The molecule has 0 unspecified atom stereocenters. The third-order valence-electron chi connectivity index (χ3n) is 2.87. The fraction of sp³-hybridized carbons (Fsp3) is 0.0714. The maximum atomic E-state index is 12.6. The van der Waals surface area contributed by atoms with E-state index in [4.69, 9.17) is 11.6 Å². The average molecular weight is 360 g/mol. The molecule has 0 aliphatic carbocycles. The first kappa shape index (κ1) is 17.5. The van der Waals surface area contributed by atoms with E-state index in [9.17, 15) is 28.1 Å². The molecule has 2 rings (SSSR count). The Morgan fingerprint density at radius 3 is 2.08 bits per heavy atom. The Labute approximate surface area is 138 Å². The van der Waals surface area contributed by atoms with Crippen LogP contribution in [0.2, 0.25) is 5.02 Å². The number of alkyl halides is 3. The van der Waals surface area contributed by atoms with Crippen molar-refractivity contribution in [2.75, 3.05) is 10.6 Å². The van der Waals surface area contributed by atoms with Crippen LogP contribution in [-0.2, 0) is 6.18 Å². The number of hydrogen-bond donors (Lipinski definition) is 2. The number of nitro benzene ring substituents is 1. The van der Waals surface area contributed by atoms with E-state index < -0.39 is 27.7 Å². The Kier molecular flexibility index (Phi) is 4.93. The number of carbonyl (C=O) groups is 1. The van der Waals surface area contributed by atoms with Gasteiger partial charge in [0.1, 0.15) is 0 Å². The van der Waals surface area contributed by atoms with E-state index in [0.29, 0.717) is 0 Å². The van der Waals surface area contributed by atoms with E-state index in [-0.39, 0.29) is 17.1 Å². The molecular weight excluding hydrogens is 351 g/mol. The Bertz CT molecular complexity index is 779.